The van der Waals surface area contributed by atoms with Crippen molar-refractivity contribution in [3.05, 3.63) is 62.0 Å². The smallest absolute Gasteiger partial charge is 0.341 e. The standard InChI is InChI=1S/C17H12Cl2N2O5/c1-26-12-5-13(19)20-16-14(12)15(23)10(17(24)25)7-21(16)6-8-4-9(18)2-3-11(8)22/h2-5,7,22H,6H2,1H3,(H,24,25). The van der Waals surface area contributed by atoms with Crippen molar-refractivity contribution < 1.29 is 19.7 Å². The number of hydrogen-bond acceptors (Lipinski definition) is 5. The van der Waals surface area contributed by atoms with Crippen molar-refractivity contribution in [2.45, 2.75) is 6.54 Å². The van der Waals surface area contributed by atoms with Crippen LogP contribution in [-0.2, 0) is 6.54 Å². The number of ether oxygens (including phenoxy) is 1. The first-order valence-electron chi connectivity index (χ1n) is 7.30. The molecule has 3 aromatic rings. The lowest BCUT2D eigenvalue weighted by molar-refractivity contribution is 0.0695. The van der Waals surface area contributed by atoms with Crippen molar-refractivity contribution in [2.75, 3.05) is 7.11 Å². The maximum atomic E-state index is 12.6. The zero-order chi connectivity index (χ0) is 19.0. The van der Waals surface area contributed by atoms with Crippen molar-refractivity contribution in [1.82, 2.24) is 9.55 Å². The topological polar surface area (TPSA) is 102 Å². The Labute approximate surface area is 157 Å². The molecule has 0 amide bonds. The third kappa shape index (κ3) is 3.18. The lowest BCUT2D eigenvalue weighted by atomic mass is 10.1. The predicted octanol–water partition coefficient (Wildman–Crippen LogP) is 3.16. The minimum atomic E-state index is -1.39. The fourth-order valence-corrected chi connectivity index (χ4v) is 2.98. The number of pyridine rings is 2. The first kappa shape index (κ1) is 18.0. The quantitative estimate of drug-likeness (QED) is 0.658. The second kappa shape index (κ2) is 6.86. The van der Waals surface area contributed by atoms with Crippen LogP contribution in [0.5, 0.6) is 11.5 Å². The Morgan fingerprint density at radius 1 is 1.31 bits per heavy atom. The Hall–Kier alpha value is -2.77. The number of phenolic OH excluding ortho intramolecular Hbond substituents is 1. The average Bonchev–Trinajstić information content (AvgIpc) is 2.59. The first-order valence-corrected chi connectivity index (χ1v) is 8.05. The monoisotopic (exact) mass is 394 g/mol. The van der Waals surface area contributed by atoms with E-state index in [1.165, 1.54) is 35.9 Å². The Balaban J connectivity index is 2.35. The summed E-state index contributed by atoms with van der Waals surface area (Å²) in [5.74, 6) is -1.32. The number of hydrogen-bond donors (Lipinski definition) is 2. The van der Waals surface area contributed by atoms with Crippen molar-refractivity contribution >= 4 is 40.2 Å². The summed E-state index contributed by atoms with van der Waals surface area (Å²) in [6.45, 7) is 0.0138. The van der Waals surface area contributed by atoms with Gasteiger partial charge in [0.05, 0.1) is 13.7 Å². The van der Waals surface area contributed by atoms with Gasteiger partial charge in [0.25, 0.3) is 0 Å². The van der Waals surface area contributed by atoms with Gasteiger partial charge in [-0.1, -0.05) is 23.2 Å². The van der Waals surface area contributed by atoms with Crippen LogP contribution in [-0.4, -0.2) is 32.8 Å². The number of carboxylic acids is 1. The molecule has 0 aliphatic rings. The number of rotatable bonds is 4. The van der Waals surface area contributed by atoms with Gasteiger partial charge in [-0.15, -0.1) is 0 Å². The van der Waals surface area contributed by atoms with Gasteiger partial charge in [-0.25, -0.2) is 9.78 Å². The van der Waals surface area contributed by atoms with Crippen LogP contribution < -0.4 is 10.2 Å². The van der Waals surface area contributed by atoms with Gasteiger partial charge in [0.15, 0.2) is 0 Å². The van der Waals surface area contributed by atoms with Crippen molar-refractivity contribution in [3.63, 3.8) is 0 Å². The highest BCUT2D eigenvalue weighted by atomic mass is 35.5. The maximum Gasteiger partial charge on any atom is 0.341 e. The van der Waals surface area contributed by atoms with E-state index in [9.17, 15) is 19.8 Å². The highest BCUT2D eigenvalue weighted by Gasteiger charge is 2.20. The molecule has 0 aliphatic carbocycles. The van der Waals surface area contributed by atoms with Crippen LogP contribution >= 0.6 is 23.2 Å². The Bertz CT molecular complexity index is 1090. The number of phenols is 1. The molecule has 0 saturated carbocycles. The van der Waals surface area contributed by atoms with Crippen LogP contribution in [0.3, 0.4) is 0 Å². The van der Waals surface area contributed by atoms with E-state index in [0.29, 0.717) is 10.6 Å². The summed E-state index contributed by atoms with van der Waals surface area (Å²) < 4.78 is 6.57. The van der Waals surface area contributed by atoms with Gasteiger partial charge in [-0.05, 0) is 18.2 Å². The third-order valence-electron chi connectivity index (χ3n) is 3.79. The van der Waals surface area contributed by atoms with Crippen LogP contribution in [0.1, 0.15) is 15.9 Å². The second-order valence-corrected chi connectivity index (χ2v) is 6.25. The molecule has 134 valence electrons. The van der Waals surface area contributed by atoms with E-state index in [-0.39, 0.29) is 34.2 Å². The van der Waals surface area contributed by atoms with Crippen LogP contribution in [0.4, 0.5) is 0 Å². The summed E-state index contributed by atoms with van der Waals surface area (Å²) in [6.07, 6.45) is 1.15. The van der Waals surface area contributed by atoms with E-state index >= 15 is 0 Å². The molecule has 2 aromatic heterocycles. The summed E-state index contributed by atoms with van der Waals surface area (Å²) in [5, 5.41) is 19.8. The number of carboxylic acid groups (broad SMARTS) is 1. The molecule has 0 saturated heterocycles. The van der Waals surface area contributed by atoms with E-state index in [4.69, 9.17) is 27.9 Å². The fourth-order valence-electron chi connectivity index (χ4n) is 2.61. The zero-order valence-corrected chi connectivity index (χ0v) is 14.9. The van der Waals surface area contributed by atoms with Gasteiger partial charge >= 0.3 is 5.97 Å². The van der Waals surface area contributed by atoms with Gasteiger partial charge in [-0.3, -0.25) is 4.79 Å². The van der Waals surface area contributed by atoms with E-state index in [2.05, 4.69) is 4.98 Å². The lowest BCUT2D eigenvalue weighted by Crippen LogP contribution is -2.20. The number of aromatic hydroxyl groups is 1. The number of halogens is 2. The molecule has 0 unspecified atom stereocenters. The Morgan fingerprint density at radius 2 is 2.04 bits per heavy atom. The molecule has 0 fully saturated rings. The molecule has 26 heavy (non-hydrogen) atoms. The van der Waals surface area contributed by atoms with Gasteiger partial charge < -0.3 is 19.5 Å². The number of nitrogens with zero attached hydrogens (tertiary/aromatic N) is 2. The highest BCUT2D eigenvalue weighted by molar-refractivity contribution is 6.30. The van der Waals surface area contributed by atoms with Crippen molar-refractivity contribution in [3.8, 4) is 11.5 Å². The average molecular weight is 395 g/mol. The molecule has 0 aliphatic heterocycles. The predicted molar refractivity (Wildman–Crippen MR) is 96.7 cm³/mol. The summed E-state index contributed by atoms with van der Waals surface area (Å²) in [6, 6.07) is 5.80. The first-order chi connectivity index (χ1) is 12.3. The van der Waals surface area contributed by atoms with E-state index in [1.54, 1.807) is 0 Å². The van der Waals surface area contributed by atoms with Crippen LogP contribution in [0.2, 0.25) is 10.2 Å². The third-order valence-corrected chi connectivity index (χ3v) is 4.22. The molecular weight excluding hydrogens is 383 g/mol. The molecule has 2 heterocycles. The molecule has 0 spiro atoms. The molecule has 9 heteroatoms. The SMILES string of the molecule is COc1cc(Cl)nc2c1c(=O)c(C(=O)O)cn2Cc1cc(Cl)ccc1O. The van der Waals surface area contributed by atoms with Crippen molar-refractivity contribution in [2.24, 2.45) is 0 Å². The minimum absolute atomic E-state index is 0.0138. The summed E-state index contributed by atoms with van der Waals surface area (Å²) in [4.78, 5) is 28.2. The summed E-state index contributed by atoms with van der Waals surface area (Å²) in [5.41, 5.74) is -0.648. The highest BCUT2D eigenvalue weighted by Crippen LogP contribution is 2.28. The number of aromatic nitrogens is 2. The number of carbonyl (C=O) groups is 1. The van der Waals surface area contributed by atoms with Gasteiger partial charge in [0, 0.05) is 22.8 Å². The molecule has 1 aromatic carbocycles. The summed E-state index contributed by atoms with van der Waals surface area (Å²) >= 11 is 12.0. The number of aromatic carboxylic acids is 1. The van der Waals surface area contributed by atoms with Gasteiger partial charge in [0.2, 0.25) is 5.43 Å². The Morgan fingerprint density at radius 3 is 2.69 bits per heavy atom. The molecule has 0 atom stereocenters. The van der Waals surface area contributed by atoms with E-state index < -0.39 is 17.0 Å². The zero-order valence-electron chi connectivity index (χ0n) is 13.4. The van der Waals surface area contributed by atoms with Crippen molar-refractivity contribution in [1.29, 1.82) is 0 Å². The fraction of sp³-hybridized carbons (Fsp3) is 0.118. The minimum Gasteiger partial charge on any atom is -0.508 e. The second-order valence-electron chi connectivity index (χ2n) is 5.42. The summed E-state index contributed by atoms with van der Waals surface area (Å²) in [7, 11) is 1.34. The van der Waals surface area contributed by atoms with Crippen LogP contribution in [0.25, 0.3) is 11.0 Å². The largest absolute Gasteiger partial charge is 0.508 e. The van der Waals surface area contributed by atoms with Gasteiger partial charge in [-0.2, -0.15) is 0 Å². The molecule has 3 rings (SSSR count). The molecule has 7 nitrogen and oxygen atoms in total. The molecule has 2 N–H and O–H groups in total. The number of fused-ring (bicyclic) bond motifs is 1. The van der Waals surface area contributed by atoms with Crippen LogP contribution in [0.15, 0.2) is 35.3 Å². The van der Waals surface area contributed by atoms with E-state index in [0.717, 1.165) is 6.20 Å². The number of benzene rings is 1. The maximum absolute atomic E-state index is 12.6. The molecule has 0 bridgehead atoms. The number of methoxy groups -OCH3 is 1. The normalized spacial score (nSPS) is 10.9. The van der Waals surface area contributed by atoms with E-state index in [1.807, 2.05) is 0 Å². The Kier molecular flexibility index (Phi) is 4.76. The molecular formula is C17H12Cl2N2O5. The van der Waals surface area contributed by atoms with Gasteiger partial charge in [0.1, 0.15) is 33.2 Å². The molecule has 0 radical (unpaired) electrons. The lowest BCUT2D eigenvalue weighted by Gasteiger charge is -2.14. The van der Waals surface area contributed by atoms with Crippen LogP contribution in [0, 0.1) is 0 Å².